The fraction of sp³-hybridized carbons (Fsp3) is 0. The molecule has 2 radical (unpaired) electrons. The number of rotatable bonds is 1. The number of carbonyl (C=O) groups excluding carboxylic acids is 1. The molecule has 3 nitrogen and oxygen atoms in total. The minimum atomic E-state index is -0.366. The summed E-state index contributed by atoms with van der Waals surface area (Å²) in [5.41, 5.74) is 3.06. The monoisotopic (exact) mass is 268 g/mol. The zero-order valence-electron chi connectivity index (χ0n) is 9.85. The van der Waals surface area contributed by atoms with Crippen LogP contribution in [-0.4, -0.2) is 11.6 Å². The molecule has 4 heteroatoms. The summed E-state index contributed by atoms with van der Waals surface area (Å²) in [5, 5.41) is 3.32. The summed E-state index contributed by atoms with van der Waals surface area (Å²) in [6, 6.07) is 14.9. The van der Waals surface area contributed by atoms with Crippen molar-refractivity contribution in [2.45, 2.75) is 0 Å². The Balaban J connectivity index is 2.20. The SMILES string of the molecule is O=C1[C]N=C(c2ccccc2)c2cc(Cl)ccc2N1. The second-order valence-electron chi connectivity index (χ2n) is 4.08. The van der Waals surface area contributed by atoms with E-state index in [-0.39, 0.29) is 5.91 Å². The maximum Gasteiger partial charge on any atom is 0.258 e. The van der Waals surface area contributed by atoms with Gasteiger partial charge in [0.25, 0.3) is 5.91 Å². The third-order valence-corrected chi connectivity index (χ3v) is 3.04. The van der Waals surface area contributed by atoms with E-state index in [1.807, 2.05) is 30.3 Å². The molecule has 1 aliphatic rings. The maximum absolute atomic E-state index is 11.5. The van der Waals surface area contributed by atoms with Crippen molar-refractivity contribution < 1.29 is 4.79 Å². The van der Waals surface area contributed by atoms with Crippen LogP contribution in [0.2, 0.25) is 5.02 Å². The molecule has 3 rings (SSSR count). The molecule has 0 aromatic heterocycles. The van der Waals surface area contributed by atoms with Crippen LogP contribution in [0.25, 0.3) is 0 Å². The summed E-state index contributed by atoms with van der Waals surface area (Å²) < 4.78 is 0. The number of nitrogens with one attached hydrogen (secondary N) is 1. The minimum Gasteiger partial charge on any atom is -0.323 e. The van der Waals surface area contributed by atoms with Gasteiger partial charge in [-0.25, -0.2) is 0 Å². The highest BCUT2D eigenvalue weighted by molar-refractivity contribution is 6.32. The Kier molecular flexibility index (Phi) is 3.05. The van der Waals surface area contributed by atoms with Crippen LogP contribution in [0.4, 0.5) is 5.69 Å². The highest BCUT2D eigenvalue weighted by atomic mass is 35.5. The molecule has 0 saturated carbocycles. The predicted octanol–water partition coefficient (Wildman–Crippen LogP) is 3.17. The van der Waals surface area contributed by atoms with Crippen LogP contribution < -0.4 is 5.32 Å². The van der Waals surface area contributed by atoms with Gasteiger partial charge in [0.2, 0.25) is 6.54 Å². The van der Waals surface area contributed by atoms with Gasteiger partial charge in [-0.1, -0.05) is 41.9 Å². The Morgan fingerprint density at radius 1 is 1.11 bits per heavy atom. The Morgan fingerprint density at radius 2 is 1.89 bits per heavy atom. The number of halogens is 1. The normalized spacial score (nSPS) is 14.2. The zero-order chi connectivity index (χ0) is 13.2. The third kappa shape index (κ3) is 2.37. The molecule has 1 heterocycles. The molecule has 2 aromatic rings. The standard InChI is InChI=1S/C15H9ClN2O/c16-11-6-7-13-12(8-11)15(17-9-14(19)18-13)10-4-2-1-3-5-10/h1-8H,(H,18,19). The number of amides is 1. The smallest absolute Gasteiger partial charge is 0.258 e. The van der Waals surface area contributed by atoms with Crippen molar-refractivity contribution >= 4 is 28.9 Å². The Labute approximate surface area is 115 Å². The summed E-state index contributed by atoms with van der Waals surface area (Å²) in [4.78, 5) is 15.7. The molecule has 0 fully saturated rings. The van der Waals surface area contributed by atoms with Crippen LogP contribution in [-0.2, 0) is 4.79 Å². The zero-order valence-corrected chi connectivity index (χ0v) is 10.6. The lowest BCUT2D eigenvalue weighted by molar-refractivity contribution is -0.113. The fourth-order valence-corrected chi connectivity index (χ4v) is 2.13. The summed E-state index contributed by atoms with van der Waals surface area (Å²) in [6.45, 7) is 2.45. The van der Waals surface area contributed by atoms with Crippen LogP contribution in [0.15, 0.2) is 53.5 Å². The van der Waals surface area contributed by atoms with Gasteiger partial charge >= 0.3 is 0 Å². The van der Waals surface area contributed by atoms with E-state index >= 15 is 0 Å². The number of carbonyl (C=O) groups is 1. The van der Waals surface area contributed by atoms with E-state index in [0.717, 1.165) is 11.1 Å². The first-order valence-electron chi connectivity index (χ1n) is 5.74. The Hall–Kier alpha value is -2.13. The molecule has 0 saturated heterocycles. The van der Waals surface area contributed by atoms with Gasteiger partial charge in [-0.15, -0.1) is 0 Å². The van der Waals surface area contributed by atoms with E-state index < -0.39 is 0 Å². The number of anilines is 1. The average Bonchev–Trinajstić information content (AvgIpc) is 2.58. The van der Waals surface area contributed by atoms with Crippen LogP contribution in [0.5, 0.6) is 0 Å². The number of aliphatic imine (C=N–C) groups is 1. The number of benzodiazepines with no additional fused rings is 1. The van der Waals surface area contributed by atoms with E-state index in [1.54, 1.807) is 18.2 Å². The number of nitrogens with zero attached hydrogens (tertiary/aromatic N) is 1. The lowest BCUT2D eigenvalue weighted by Crippen LogP contribution is -2.10. The summed E-state index contributed by atoms with van der Waals surface area (Å²) in [7, 11) is 0. The number of benzene rings is 2. The van der Waals surface area contributed by atoms with Crippen molar-refractivity contribution in [2.75, 3.05) is 5.32 Å². The van der Waals surface area contributed by atoms with Gasteiger partial charge < -0.3 is 5.32 Å². The highest BCUT2D eigenvalue weighted by Gasteiger charge is 2.18. The number of fused-ring (bicyclic) bond motifs is 1. The molecule has 2 aromatic carbocycles. The first-order valence-corrected chi connectivity index (χ1v) is 6.12. The molecular weight excluding hydrogens is 260 g/mol. The first kappa shape index (κ1) is 11.9. The van der Waals surface area contributed by atoms with Crippen molar-refractivity contribution in [1.82, 2.24) is 0 Å². The molecular formula is C15H9ClN2O. The van der Waals surface area contributed by atoms with Crippen LogP contribution in [0.3, 0.4) is 0 Å². The second kappa shape index (κ2) is 4.86. The van der Waals surface area contributed by atoms with Gasteiger partial charge in [-0.2, -0.15) is 0 Å². The van der Waals surface area contributed by atoms with Crippen LogP contribution >= 0.6 is 11.6 Å². The van der Waals surface area contributed by atoms with Gasteiger partial charge in [0.1, 0.15) is 0 Å². The van der Waals surface area contributed by atoms with Crippen molar-refractivity contribution in [2.24, 2.45) is 4.99 Å². The molecule has 0 bridgehead atoms. The summed E-state index contributed by atoms with van der Waals surface area (Å²) >= 11 is 6.03. The van der Waals surface area contributed by atoms with Crippen LogP contribution in [0.1, 0.15) is 11.1 Å². The fourth-order valence-electron chi connectivity index (χ4n) is 1.95. The Morgan fingerprint density at radius 3 is 2.68 bits per heavy atom. The molecule has 0 spiro atoms. The predicted molar refractivity (Wildman–Crippen MR) is 75.4 cm³/mol. The van der Waals surface area contributed by atoms with Gasteiger partial charge in [-0.3, -0.25) is 9.79 Å². The van der Waals surface area contributed by atoms with E-state index in [2.05, 4.69) is 16.9 Å². The molecule has 0 unspecified atom stereocenters. The van der Waals surface area contributed by atoms with Crippen molar-refractivity contribution in [3.8, 4) is 0 Å². The summed E-state index contributed by atoms with van der Waals surface area (Å²) in [6.07, 6.45) is 0. The van der Waals surface area contributed by atoms with E-state index in [1.165, 1.54) is 0 Å². The van der Waals surface area contributed by atoms with Gasteiger partial charge in [-0.05, 0) is 18.2 Å². The number of hydrogen-bond acceptors (Lipinski definition) is 2. The van der Waals surface area contributed by atoms with E-state index in [0.29, 0.717) is 16.4 Å². The third-order valence-electron chi connectivity index (χ3n) is 2.80. The minimum absolute atomic E-state index is 0.366. The van der Waals surface area contributed by atoms with Crippen molar-refractivity contribution in [3.63, 3.8) is 0 Å². The molecule has 1 N–H and O–H groups in total. The second-order valence-corrected chi connectivity index (χ2v) is 4.52. The van der Waals surface area contributed by atoms with Gasteiger partial charge in [0.15, 0.2) is 0 Å². The van der Waals surface area contributed by atoms with Crippen LogP contribution in [0, 0.1) is 6.54 Å². The first-order chi connectivity index (χ1) is 9.24. The summed E-state index contributed by atoms with van der Waals surface area (Å²) in [5.74, 6) is -0.366. The van der Waals surface area contributed by atoms with Crippen molar-refractivity contribution in [1.29, 1.82) is 0 Å². The van der Waals surface area contributed by atoms with E-state index in [4.69, 9.17) is 11.6 Å². The largest absolute Gasteiger partial charge is 0.323 e. The Bertz CT molecular complexity index is 665. The quantitative estimate of drug-likeness (QED) is 0.848. The van der Waals surface area contributed by atoms with Gasteiger partial charge in [0, 0.05) is 16.1 Å². The van der Waals surface area contributed by atoms with Crippen molar-refractivity contribution in [3.05, 3.63) is 71.2 Å². The maximum atomic E-state index is 11.5. The highest BCUT2D eigenvalue weighted by Crippen LogP contribution is 2.26. The molecule has 19 heavy (non-hydrogen) atoms. The van der Waals surface area contributed by atoms with Gasteiger partial charge in [0.05, 0.1) is 11.4 Å². The van der Waals surface area contributed by atoms with E-state index in [9.17, 15) is 4.79 Å². The topological polar surface area (TPSA) is 41.5 Å². The number of hydrogen-bond donors (Lipinski definition) is 1. The molecule has 1 aliphatic heterocycles. The average molecular weight is 269 g/mol. The lowest BCUT2D eigenvalue weighted by atomic mass is 10.0. The lowest BCUT2D eigenvalue weighted by Gasteiger charge is -2.10. The molecule has 0 atom stereocenters. The molecule has 0 aliphatic carbocycles. The molecule has 1 amide bonds. The molecule has 92 valence electrons.